The molecule has 5 nitrogen and oxygen atoms in total. The maximum absolute atomic E-state index is 12.4. The van der Waals surface area contributed by atoms with E-state index < -0.39 is 6.04 Å². The number of rotatable bonds is 4. The van der Waals surface area contributed by atoms with E-state index in [0.717, 1.165) is 11.1 Å². The highest BCUT2D eigenvalue weighted by Gasteiger charge is 2.51. The number of nitrogens with zero attached hydrogens (tertiary/aromatic N) is 3. The monoisotopic (exact) mass is 365 g/mol. The number of benzene rings is 1. The summed E-state index contributed by atoms with van der Waals surface area (Å²) in [5.74, 6) is 6.84. The summed E-state index contributed by atoms with van der Waals surface area (Å²) < 4.78 is 0. The number of carbonyl (C=O) groups is 1. The quantitative estimate of drug-likeness (QED) is 0.829. The maximum atomic E-state index is 12.4. The summed E-state index contributed by atoms with van der Waals surface area (Å²) in [5.41, 5.74) is 1.94. The van der Waals surface area contributed by atoms with Gasteiger partial charge in [-0.2, -0.15) is 5.26 Å². The minimum absolute atomic E-state index is 0.124. The van der Waals surface area contributed by atoms with Gasteiger partial charge in [-0.05, 0) is 44.6 Å². The number of carbonyl (C=O) groups excluding carboxylic acids is 1. The summed E-state index contributed by atoms with van der Waals surface area (Å²) in [4.78, 5) is 15.7. The van der Waals surface area contributed by atoms with Crippen molar-refractivity contribution in [2.75, 3.05) is 27.2 Å². The Morgan fingerprint density at radius 1 is 1.26 bits per heavy atom. The van der Waals surface area contributed by atoms with E-state index in [1.807, 2.05) is 38.4 Å². The van der Waals surface area contributed by atoms with Crippen LogP contribution in [0.4, 0.5) is 0 Å². The molecule has 1 aromatic rings. The van der Waals surface area contributed by atoms with Gasteiger partial charge in [-0.3, -0.25) is 4.79 Å². The fourth-order valence-electron chi connectivity index (χ4n) is 4.15. The van der Waals surface area contributed by atoms with Gasteiger partial charge in [0.15, 0.2) is 0 Å². The number of hydrogen-bond donors (Lipinski definition) is 1. The zero-order chi connectivity index (χ0) is 19.4. The van der Waals surface area contributed by atoms with Gasteiger partial charge in [-0.25, -0.2) is 0 Å². The van der Waals surface area contributed by atoms with Gasteiger partial charge in [0.1, 0.15) is 6.04 Å². The molecule has 3 atom stereocenters. The van der Waals surface area contributed by atoms with Crippen LogP contribution in [0.25, 0.3) is 0 Å². The molecule has 1 aromatic carbocycles. The molecule has 1 N–H and O–H groups in total. The van der Waals surface area contributed by atoms with Crippen molar-refractivity contribution < 1.29 is 9.90 Å². The predicted molar refractivity (Wildman–Crippen MR) is 104 cm³/mol. The first-order chi connectivity index (χ1) is 13.0. The molecule has 1 aliphatic carbocycles. The fourth-order valence-corrected chi connectivity index (χ4v) is 4.15. The van der Waals surface area contributed by atoms with E-state index in [1.54, 1.807) is 4.90 Å². The molecular formula is C22H27N3O2. The van der Waals surface area contributed by atoms with E-state index in [2.05, 4.69) is 17.9 Å². The van der Waals surface area contributed by atoms with Crippen LogP contribution in [0.3, 0.4) is 0 Å². The number of hydrogen-bond acceptors (Lipinski definition) is 4. The Morgan fingerprint density at radius 2 is 1.93 bits per heavy atom. The molecule has 1 saturated heterocycles. The van der Waals surface area contributed by atoms with E-state index in [0.29, 0.717) is 5.92 Å². The van der Waals surface area contributed by atoms with Crippen molar-refractivity contribution >= 4 is 5.91 Å². The number of aliphatic hydroxyl groups is 1. The standard InChI is InChI=1S/C22H27N3O2/c1-24(2)14-21(27)25-19(13-23)22(20(25)15-26)18-11-9-17(10-12-18)8-7-16-5-3-4-6-16/h9-12,16,19-20,22,26H,3-6,14-15H2,1-2H3/t19-,20-,22+/m1/s1. The van der Waals surface area contributed by atoms with E-state index in [1.165, 1.54) is 30.6 Å². The average Bonchev–Trinajstić information content (AvgIpc) is 3.14. The van der Waals surface area contributed by atoms with Crippen molar-refractivity contribution in [3.63, 3.8) is 0 Å². The molecule has 27 heavy (non-hydrogen) atoms. The molecule has 0 radical (unpaired) electrons. The Morgan fingerprint density at radius 3 is 2.48 bits per heavy atom. The number of aliphatic hydroxyl groups excluding tert-OH is 1. The molecule has 2 fully saturated rings. The van der Waals surface area contributed by atoms with Crippen LogP contribution in [0.2, 0.25) is 0 Å². The Bertz CT molecular complexity index is 763. The molecule has 5 heteroatoms. The zero-order valence-corrected chi connectivity index (χ0v) is 16.1. The van der Waals surface area contributed by atoms with Crippen LogP contribution >= 0.6 is 0 Å². The summed E-state index contributed by atoms with van der Waals surface area (Å²) in [7, 11) is 3.63. The van der Waals surface area contributed by atoms with Gasteiger partial charge in [-0.15, -0.1) is 0 Å². The van der Waals surface area contributed by atoms with Crippen molar-refractivity contribution in [3.05, 3.63) is 35.4 Å². The van der Waals surface area contributed by atoms with Crippen LogP contribution in [-0.2, 0) is 4.79 Å². The van der Waals surface area contributed by atoms with Gasteiger partial charge in [-0.1, -0.05) is 36.8 Å². The molecule has 2 aliphatic rings. The minimum atomic E-state index is -0.537. The van der Waals surface area contributed by atoms with Gasteiger partial charge >= 0.3 is 0 Å². The third-order valence-corrected chi connectivity index (χ3v) is 5.54. The largest absolute Gasteiger partial charge is 0.394 e. The van der Waals surface area contributed by atoms with Crippen molar-refractivity contribution in [3.8, 4) is 17.9 Å². The maximum Gasteiger partial charge on any atom is 0.238 e. The normalized spacial score (nSPS) is 24.9. The highest BCUT2D eigenvalue weighted by Crippen LogP contribution is 2.40. The van der Waals surface area contributed by atoms with Crippen molar-refractivity contribution in [2.45, 2.75) is 43.7 Å². The first kappa shape index (κ1) is 19.4. The predicted octanol–water partition coefficient (Wildman–Crippen LogP) is 1.97. The number of amides is 1. The number of nitriles is 1. The molecule has 1 aliphatic heterocycles. The molecule has 0 unspecified atom stereocenters. The molecule has 0 spiro atoms. The SMILES string of the molecule is CN(C)CC(=O)N1[C@H](C#N)[C@H](c2ccc(C#CC3CCCC3)cc2)[C@H]1CO. The highest BCUT2D eigenvalue weighted by atomic mass is 16.3. The van der Waals surface area contributed by atoms with Gasteiger partial charge in [0, 0.05) is 17.4 Å². The first-order valence-electron chi connectivity index (χ1n) is 9.63. The summed E-state index contributed by atoms with van der Waals surface area (Å²) in [6.07, 6.45) is 4.96. The van der Waals surface area contributed by atoms with Gasteiger partial charge < -0.3 is 14.9 Å². The topological polar surface area (TPSA) is 67.6 Å². The van der Waals surface area contributed by atoms with Crippen LogP contribution in [0.1, 0.15) is 42.7 Å². The third-order valence-electron chi connectivity index (χ3n) is 5.54. The Hall–Kier alpha value is -2.34. The zero-order valence-electron chi connectivity index (χ0n) is 16.1. The van der Waals surface area contributed by atoms with Crippen molar-refractivity contribution in [2.24, 2.45) is 5.92 Å². The van der Waals surface area contributed by atoms with Crippen molar-refractivity contribution in [1.29, 1.82) is 5.26 Å². The van der Waals surface area contributed by atoms with Crippen LogP contribution < -0.4 is 0 Å². The second-order valence-electron chi connectivity index (χ2n) is 7.76. The molecule has 1 heterocycles. The lowest BCUT2D eigenvalue weighted by Crippen LogP contribution is -2.66. The van der Waals surface area contributed by atoms with Crippen LogP contribution in [-0.4, -0.2) is 60.1 Å². The summed E-state index contributed by atoms with van der Waals surface area (Å²) in [5, 5.41) is 19.4. The van der Waals surface area contributed by atoms with Gasteiger partial charge in [0.2, 0.25) is 5.91 Å². The molecule has 1 saturated carbocycles. The number of likely N-dealkylation sites (N-methyl/N-ethyl adjacent to an activating group) is 1. The Labute approximate surface area is 161 Å². The fraction of sp³-hybridized carbons (Fsp3) is 0.545. The lowest BCUT2D eigenvalue weighted by Gasteiger charge is -2.51. The van der Waals surface area contributed by atoms with Gasteiger partial charge in [0.05, 0.1) is 25.3 Å². The Balaban J connectivity index is 1.73. The van der Waals surface area contributed by atoms with E-state index in [-0.39, 0.29) is 31.0 Å². The minimum Gasteiger partial charge on any atom is -0.394 e. The summed E-state index contributed by atoms with van der Waals surface area (Å²) in [6, 6.07) is 9.26. The Kier molecular flexibility index (Phi) is 6.16. The lowest BCUT2D eigenvalue weighted by atomic mass is 9.75. The lowest BCUT2D eigenvalue weighted by molar-refractivity contribution is -0.147. The highest BCUT2D eigenvalue weighted by molar-refractivity contribution is 5.81. The molecule has 142 valence electrons. The third kappa shape index (κ3) is 4.16. The van der Waals surface area contributed by atoms with Crippen LogP contribution in [0.5, 0.6) is 0 Å². The van der Waals surface area contributed by atoms with Gasteiger partial charge in [0.25, 0.3) is 0 Å². The number of likely N-dealkylation sites (tertiary alicyclic amines) is 1. The molecular weight excluding hydrogens is 338 g/mol. The smallest absolute Gasteiger partial charge is 0.238 e. The molecule has 3 rings (SSSR count). The average molecular weight is 365 g/mol. The first-order valence-corrected chi connectivity index (χ1v) is 9.63. The summed E-state index contributed by atoms with van der Waals surface area (Å²) >= 11 is 0. The van der Waals surface area contributed by atoms with Crippen LogP contribution in [0, 0.1) is 29.1 Å². The molecule has 1 amide bonds. The second-order valence-corrected chi connectivity index (χ2v) is 7.76. The molecule has 0 bridgehead atoms. The van der Waals surface area contributed by atoms with Crippen molar-refractivity contribution in [1.82, 2.24) is 9.80 Å². The van der Waals surface area contributed by atoms with E-state index >= 15 is 0 Å². The second kappa shape index (κ2) is 8.57. The van der Waals surface area contributed by atoms with E-state index in [4.69, 9.17) is 0 Å². The summed E-state index contributed by atoms with van der Waals surface area (Å²) in [6.45, 7) is 0.0857. The molecule has 0 aromatic heterocycles. The van der Waals surface area contributed by atoms with E-state index in [9.17, 15) is 15.2 Å². The van der Waals surface area contributed by atoms with Crippen LogP contribution in [0.15, 0.2) is 24.3 Å².